The van der Waals surface area contributed by atoms with Gasteiger partial charge in [0.2, 0.25) is 0 Å². The second-order valence-electron chi connectivity index (χ2n) is 6.99. The van der Waals surface area contributed by atoms with Crippen LogP contribution >= 0.6 is 0 Å². The first-order valence-corrected chi connectivity index (χ1v) is 9.24. The molecule has 4 nitrogen and oxygen atoms in total. The molecule has 0 radical (unpaired) electrons. The first-order chi connectivity index (χ1) is 11.7. The van der Waals surface area contributed by atoms with Gasteiger partial charge >= 0.3 is 0 Å². The SMILES string of the molecule is O[C@H](COC1CCCCC1)CN1CCN(c2ccccc2F)CC1. The van der Waals surface area contributed by atoms with Gasteiger partial charge in [-0.15, -0.1) is 0 Å². The molecule has 0 amide bonds. The van der Waals surface area contributed by atoms with Gasteiger partial charge in [-0.2, -0.15) is 0 Å². The van der Waals surface area contributed by atoms with Gasteiger partial charge in [0.1, 0.15) is 5.82 Å². The van der Waals surface area contributed by atoms with Crippen LogP contribution in [0.4, 0.5) is 10.1 Å². The summed E-state index contributed by atoms with van der Waals surface area (Å²) in [6, 6.07) is 6.93. The minimum Gasteiger partial charge on any atom is -0.389 e. The maximum absolute atomic E-state index is 13.8. The fraction of sp³-hybridized carbons (Fsp3) is 0.684. The summed E-state index contributed by atoms with van der Waals surface area (Å²) in [7, 11) is 0. The lowest BCUT2D eigenvalue weighted by Gasteiger charge is -2.37. The molecule has 1 saturated carbocycles. The van der Waals surface area contributed by atoms with Crippen molar-refractivity contribution in [3.63, 3.8) is 0 Å². The summed E-state index contributed by atoms with van der Waals surface area (Å²) >= 11 is 0. The van der Waals surface area contributed by atoms with E-state index in [4.69, 9.17) is 4.74 Å². The van der Waals surface area contributed by atoms with Gasteiger partial charge in [0.05, 0.1) is 24.5 Å². The van der Waals surface area contributed by atoms with Crippen LogP contribution in [0.1, 0.15) is 32.1 Å². The number of anilines is 1. The van der Waals surface area contributed by atoms with Crippen molar-refractivity contribution in [1.29, 1.82) is 0 Å². The van der Waals surface area contributed by atoms with Crippen molar-refractivity contribution in [2.24, 2.45) is 0 Å². The first kappa shape index (κ1) is 17.6. The van der Waals surface area contributed by atoms with Crippen LogP contribution in [0.15, 0.2) is 24.3 Å². The molecule has 134 valence electrons. The standard InChI is InChI=1S/C19H29FN2O2/c20-18-8-4-5-9-19(18)22-12-10-21(11-13-22)14-16(23)15-24-17-6-2-1-3-7-17/h4-5,8-9,16-17,23H,1-3,6-7,10-15H2/t16-/m0/s1. The minimum absolute atomic E-state index is 0.160. The van der Waals surface area contributed by atoms with Crippen LogP contribution in [0.3, 0.4) is 0 Å². The van der Waals surface area contributed by atoms with Crippen molar-refractivity contribution in [1.82, 2.24) is 4.90 Å². The van der Waals surface area contributed by atoms with Gasteiger partial charge < -0.3 is 14.7 Å². The van der Waals surface area contributed by atoms with Gasteiger partial charge in [0, 0.05) is 32.7 Å². The quantitative estimate of drug-likeness (QED) is 0.866. The zero-order chi connectivity index (χ0) is 16.8. The summed E-state index contributed by atoms with van der Waals surface area (Å²) in [5.41, 5.74) is 0.679. The van der Waals surface area contributed by atoms with Gasteiger partial charge in [-0.25, -0.2) is 4.39 Å². The number of aliphatic hydroxyl groups is 1. The maximum Gasteiger partial charge on any atom is 0.146 e. The summed E-state index contributed by atoms with van der Waals surface area (Å²) in [5.74, 6) is -0.160. The molecular weight excluding hydrogens is 307 g/mol. The van der Waals surface area contributed by atoms with Crippen LogP contribution in [0.5, 0.6) is 0 Å². The van der Waals surface area contributed by atoms with E-state index < -0.39 is 6.10 Å². The van der Waals surface area contributed by atoms with Crippen molar-refractivity contribution in [2.45, 2.75) is 44.3 Å². The number of hydrogen-bond donors (Lipinski definition) is 1. The van der Waals surface area contributed by atoms with Crippen LogP contribution in [0.25, 0.3) is 0 Å². The lowest BCUT2D eigenvalue weighted by molar-refractivity contribution is -0.0336. The molecule has 1 aromatic rings. The Labute approximate surface area is 144 Å². The highest BCUT2D eigenvalue weighted by atomic mass is 19.1. The average Bonchev–Trinajstić information content (AvgIpc) is 2.62. The Bertz CT molecular complexity index is 500. The fourth-order valence-corrected chi connectivity index (χ4v) is 3.71. The third-order valence-corrected chi connectivity index (χ3v) is 5.11. The molecule has 1 N–H and O–H groups in total. The van der Waals surface area contributed by atoms with Crippen LogP contribution in [-0.2, 0) is 4.74 Å². The monoisotopic (exact) mass is 336 g/mol. The molecule has 5 heteroatoms. The van der Waals surface area contributed by atoms with Crippen molar-refractivity contribution >= 4 is 5.69 Å². The molecule has 0 spiro atoms. The number of β-amino-alcohol motifs (C(OH)–C–C–N with tert-alkyl or cyclic N) is 1. The summed E-state index contributed by atoms with van der Waals surface area (Å²) in [6.07, 6.45) is 5.98. The Morgan fingerprint density at radius 3 is 2.50 bits per heavy atom. The molecule has 1 aliphatic carbocycles. The number of aliphatic hydroxyl groups excluding tert-OH is 1. The van der Waals surface area contributed by atoms with Gasteiger partial charge in [-0.3, -0.25) is 4.90 Å². The summed E-state index contributed by atoms with van der Waals surface area (Å²) < 4.78 is 19.7. The zero-order valence-corrected chi connectivity index (χ0v) is 14.4. The predicted octanol–water partition coefficient (Wildman–Crippen LogP) is 2.66. The molecule has 0 aromatic heterocycles. The van der Waals surface area contributed by atoms with Crippen LogP contribution < -0.4 is 4.90 Å². The lowest BCUT2D eigenvalue weighted by Crippen LogP contribution is -2.49. The van der Waals surface area contributed by atoms with Crippen LogP contribution in [0, 0.1) is 5.82 Å². The van der Waals surface area contributed by atoms with Crippen molar-refractivity contribution in [3.8, 4) is 0 Å². The number of hydrogen-bond acceptors (Lipinski definition) is 4. The highest BCUT2D eigenvalue weighted by Gasteiger charge is 2.22. The second kappa shape index (κ2) is 8.79. The highest BCUT2D eigenvalue weighted by Crippen LogP contribution is 2.21. The predicted molar refractivity (Wildman–Crippen MR) is 93.9 cm³/mol. The topological polar surface area (TPSA) is 35.9 Å². The normalized spacial score (nSPS) is 21.8. The van der Waals surface area contributed by atoms with Crippen molar-refractivity contribution < 1.29 is 14.2 Å². The van der Waals surface area contributed by atoms with E-state index in [1.165, 1.54) is 25.3 Å². The van der Waals surface area contributed by atoms with E-state index in [0.717, 1.165) is 39.0 Å². The van der Waals surface area contributed by atoms with E-state index in [1.54, 1.807) is 6.07 Å². The molecule has 2 fully saturated rings. The van der Waals surface area contributed by atoms with E-state index in [9.17, 15) is 9.50 Å². The largest absolute Gasteiger partial charge is 0.389 e. The second-order valence-corrected chi connectivity index (χ2v) is 6.99. The van der Waals surface area contributed by atoms with Gasteiger partial charge in [-0.1, -0.05) is 31.4 Å². The number of para-hydroxylation sites is 1. The molecule has 2 aliphatic rings. The summed E-state index contributed by atoms with van der Waals surface area (Å²) in [5, 5.41) is 10.2. The third kappa shape index (κ3) is 4.91. The fourth-order valence-electron chi connectivity index (χ4n) is 3.71. The number of benzene rings is 1. The third-order valence-electron chi connectivity index (χ3n) is 5.11. The van der Waals surface area contributed by atoms with Crippen molar-refractivity contribution in [2.75, 3.05) is 44.2 Å². The number of ether oxygens (including phenoxy) is 1. The summed E-state index contributed by atoms with van der Waals surface area (Å²) in [4.78, 5) is 4.32. The molecule has 0 unspecified atom stereocenters. The van der Waals surface area contributed by atoms with Gasteiger partial charge in [0.25, 0.3) is 0 Å². The Morgan fingerprint density at radius 2 is 1.79 bits per heavy atom. The lowest BCUT2D eigenvalue weighted by atomic mass is 9.98. The van der Waals surface area contributed by atoms with E-state index in [2.05, 4.69) is 9.80 Å². The molecule has 1 saturated heterocycles. The first-order valence-electron chi connectivity index (χ1n) is 9.24. The van der Waals surface area contributed by atoms with Crippen LogP contribution in [-0.4, -0.2) is 61.5 Å². The smallest absolute Gasteiger partial charge is 0.146 e. The molecule has 3 rings (SSSR count). The maximum atomic E-state index is 13.8. The Hall–Kier alpha value is -1.17. The zero-order valence-electron chi connectivity index (χ0n) is 14.4. The Kier molecular flexibility index (Phi) is 6.46. The van der Waals surface area contributed by atoms with E-state index in [-0.39, 0.29) is 5.82 Å². The van der Waals surface area contributed by atoms with Gasteiger partial charge in [-0.05, 0) is 25.0 Å². The molecule has 0 bridgehead atoms. The number of piperazine rings is 1. The van der Waals surface area contributed by atoms with Crippen molar-refractivity contribution in [3.05, 3.63) is 30.1 Å². The van der Waals surface area contributed by atoms with Crippen LogP contribution in [0.2, 0.25) is 0 Å². The number of nitrogens with zero attached hydrogens (tertiary/aromatic N) is 2. The van der Waals surface area contributed by atoms with Gasteiger partial charge in [0.15, 0.2) is 0 Å². The number of rotatable bonds is 6. The highest BCUT2D eigenvalue weighted by molar-refractivity contribution is 5.47. The average molecular weight is 336 g/mol. The molecule has 1 aliphatic heterocycles. The molecule has 1 aromatic carbocycles. The molecule has 1 heterocycles. The van der Waals surface area contributed by atoms with E-state index >= 15 is 0 Å². The Balaban J connectivity index is 1.38. The molecular formula is C19H29FN2O2. The Morgan fingerprint density at radius 1 is 1.08 bits per heavy atom. The summed E-state index contributed by atoms with van der Waals surface area (Å²) in [6.45, 7) is 4.33. The minimum atomic E-state index is -0.438. The number of halogens is 1. The van der Waals surface area contributed by atoms with E-state index in [0.29, 0.717) is 24.9 Å². The van der Waals surface area contributed by atoms with E-state index in [1.807, 2.05) is 12.1 Å². The molecule has 24 heavy (non-hydrogen) atoms. The molecule has 1 atom stereocenters.